The molecule has 0 spiro atoms. The van der Waals surface area contributed by atoms with Crippen molar-refractivity contribution in [3.63, 3.8) is 0 Å². The quantitative estimate of drug-likeness (QED) is 0.824. The minimum Gasteiger partial charge on any atom is -0.444 e. The standard InChI is InChI=1S/C20H29FN2O3/c1-14-6-7-15(12-17(14)21)13-18(24)22(5)16-8-10-23(11-9-16)19(25)26-20(2,3)4/h6-7,12,16H,8-11,13H2,1-5H3. The van der Waals surface area contributed by atoms with Crippen LogP contribution in [0.1, 0.15) is 44.7 Å². The normalized spacial score (nSPS) is 15.7. The molecule has 1 saturated heterocycles. The Kier molecular flexibility index (Phi) is 6.26. The summed E-state index contributed by atoms with van der Waals surface area (Å²) in [6, 6.07) is 4.98. The molecule has 1 fully saturated rings. The molecule has 0 aliphatic carbocycles. The first-order valence-electron chi connectivity index (χ1n) is 9.05. The van der Waals surface area contributed by atoms with Crippen LogP contribution >= 0.6 is 0 Å². The summed E-state index contributed by atoms with van der Waals surface area (Å²) in [5, 5.41) is 0. The third-order valence-electron chi connectivity index (χ3n) is 4.65. The molecule has 0 saturated carbocycles. The van der Waals surface area contributed by atoms with E-state index in [1.54, 1.807) is 35.9 Å². The molecule has 1 aromatic carbocycles. The molecule has 1 aromatic rings. The minimum atomic E-state index is -0.510. The number of carbonyl (C=O) groups is 2. The van der Waals surface area contributed by atoms with E-state index in [-0.39, 0.29) is 30.3 Å². The number of hydrogen-bond acceptors (Lipinski definition) is 3. The highest BCUT2D eigenvalue weighted by atomic mass is 19.1. The molecule has 1 heterocycles. The second-order valence-electron chi connectivity index (χ2n) is 7.96. The molecule has 0 aromatic heterocycles. The number of halogens is 1. The van der Waals surface area contributed by atoms with Gasteiger partial charge >= 0.3 is 6.09 Å². The molecule has 0 bridgehead atoms. The molecule has 0 N–H and O–H groups in total. The zero-order chi connectivity index (χ0) is 19.5. The first-order valence-corrected chi connectivity index (χ1v) is 9.05. The first kappa shape index (κ1) is 20.2. The molecule has 0 radical (unpaired) electrons. The summed E-state index contributed by atoms with van der Waals surface area (Å²) < 4.78 is 19.0. The zero-order valence-electron chi connectivity index (χ0n) is 16.3. The van der Waals surface area contributed by atoms with Gasteiger partial charge in [0.05, 0.1) is 6.42 Å². The lowest BCUT2D eigenvalue weighted by molar-refractivity contribution is -0.132. The Morgan fingerprint density at radius 1 is 1.27 bits per heavy atom. The summed E-state index contributed by atoms with van der Waals surface area (Å²) in [5.74, 6) is -0.326. The Morgan fingerprint density at radius 3 is 2.42 bits per heavy atom. The maximum absolute atomic E-state index is 13.6. The Labute approximate surface area is 155 Å². The fourth-order valence-electron chi connectivity index (χ4n) is 3.01. The monoisotopic (exact) mass is 364 g/mol. The van der Waals surface area contributed by atoms with Gasteiger partial charge in [-0.2, -0.15) is 0 Å². The van der Waals surface area contributed by atoms with Crippen LogP contribution in [-0.2, 0) is 16.0 Å². The molecule has 2 amide bonds. The number of hydrogen-bond donors (Lipinski definition) is 0. The average Bonchev–Trinajstić information content (AvgIpc) is 2.56. The number of rotatable bonds is 3. The molecular formula is C20H29FN2O3. The Bertz CT molecular complexity index is 662. The Morgan fingerprint density at radius 2 is 1.88 bits per heavy atom. The lowest BCUT2D eigenvalue weighted by Gasteiger charge is -2.37. The summed E-state index contributed by atoms with van der Waals surface area (Å²) in [5.41, 5.74) is 0.740. The van der Waals surface area contributed by atoms with Crippen LogP contribution in [0, 0.1) is 12.7 Å². The van der Waals surface area contributed by atoms with E-state index < -0.39 is 5.60 Å². The minimum absolute atomic E-state index is 0.0380. The summed E-state index contributed by atoms with van der Waals surface area (Å²) in [6.07, 6.45) is 1.30. The lowest BCUT2D eigenvalue weighted by Crippen LogP contribution is -2.48. The first-order chi connectivity index (χ1) is 12.1. The highest BCUT2D eigenvalue weighted by Crippen LogP contribution is 2.19. The number of benzene rings is 1. The molecule has 26 heavy (non-hydrogen) atoms. The van der Waals surface area contributed by atoms with E-state index in [4.69, 9.17) is 4.74 Å². The van der Waals surface area contributed by atoms with E-state index in [0.29, 0.717) is 37.1 Å². The molecule has 2 rings (SSSR count). The third kappa shape index (κ3) is 5.44. The third-order valence-corrected chi connectivity index (χ3v) is 4.65. The van der Waals surface area contributed by atoms with Crippen molar-refractivity contribution in [1.29, 1.82) is 0 Å². The van der Waals surface area contributed by atoms with Gasteiger partial charge < -0.3 is 14.5 Å². The lowest BCUT2D eigenvalue weighted by atomic mass is 10.0. The Hall–Kier alpha value is -2.11. The zero-order valence-corrected chi connectivity index (χ0v) is 16.3. The van der Waals surface area contributed by atoms with Gasteiger partial charge in [-0.05, 0) is 57.7 Å². The van der Waals surface area contributed by atoms with Gasteiger partial charge in [-0.15, -0.1) is 0 Å². The second-order valence-corrected chi connectivity index (χ2v) is 7.96. The highest BCUT2D eigenvalue weighted by molar-refractivity contribution is 5.79. The van der Waals surface area contributed by atoms with Gasteiger partial charge in [0.25, 0.3) is 0 Å². The smallest absolute Gasteiger partial charge is 0.410 e. The van der Waals surface area contributed by atoms with Gasteiger partial charge in [-0.1, -0.05) is 12.1 Å². The SMILES string of the molecule is Cc1ccc(CC(=O)N(C)C2CCN(C(=O)OC(C)(C)C)CC2)cc1F. The van der Waals surface area contributed by atoms with Crippen LogP contribution in [0.25, 0.3) is 0 Å². The number of carbonyl (C=O) groups excluding carboxylic acids is 2. The summed E-state index contributed by atoms with van der Waals surface area (Å²) in [4.78, 5) is 28.0. The highest BCUT2D eigenvalue weighted by Gasteiger charge is 2.29. The van der Waals surface area contributed by atoms with Crippen LogP contribution in [0.15, 0.2) is 18.2 Å². The molecule has 144 valence electrons. The maximum Gasteiger partial charge on any atom is 0.410 e. The van der Waals surface area contributed by atoms with Gasteiger partial charge in [0.15, 0.2) is 0 Å². The molecule has 1 aliphatic rings. The number of amides is 2. The summed E-state index contributed by atoms with van der Waals surface area (Å²) >= 11 is 0. The largest absolute Gasteiger partial charge is 0.444 e. The van der Waals surface area contributed by atoms with Crippen LogP contribution < -0.4 is 0 Å². The van der Waals surface area contributed by atoms with Crippen LogP contribution in [-0.4, -0.2) is 53.6 Å². The molecule has 6 heteroatoms. The van der Waals surface area contributed by atoms with Gasteiger partial charge in [-0.3, -0.25) is 4.79 Å². The fourth-order valence-corrected chi connectivity index (χ4v) is 3.01. The van der Waals surface area contributed by atoms with E-state index in [0.717, 1.165) is 0 Å². The molecular weight excluding hydrogens is 335 g/mol. The fraction of sp³-hybridized carbons (Fsp3) is 0.600. The van der Waals surface area contributed by atoms with Crippen molar-refractivity contribution >= 4 is 12.0 Å². The van der Waals surface area contributed by atoms with Crippen LogP contribution in [0.2, 0.25) is 0 Å². The average molecular weight is 364 g/mol. The van der Waals surface area contributed by atoms with Crippen molar-refractivity contribution in [3.05, 3.63) is 35.1 Å². The van der Waals surface area contributed by atoms with Crippen molar-refractivity contribution in [2.45, 2.75) is 58.6 Å². The number of nitrogens with zero attached hydrogens (tertiary/aromatic N) is 2. The van der Waals surface area contributed by atoms with E-state index in [2.05, 4.69) is 0 Å². The van der Waals surface area contributed by atoms with Gasteiger partial charge in [0, 0.05) is 26.2 Å². The van der Waals surface area contributed by atoms with Crippen LogP contribution in [0.4, 0.5) is 9.18 Å². The van der Waals surface area contributed by atoms with Crippen molar-refractivity contribution < 1.29 is 18.7 Å². The van der Waals surface area contributed by atoms with Crippen LogP contribution in [0.3, 0.4) is 0 Å². The molecule has 1 aliphatic heterocycles. The maximum atomic E-state index is 13.6. The van der Waals surface area contributed by atoms with Crippen molar-refractivity contribution in [2.75, 3.05) is 20.1 Å². The number of piperidine rings is 1. The van der Waals surface area contributed by atoms with Crippen LogP contribution in [0.5, 0.6) is 0 Å². The number of aryl methyl sites for hydroxylation is 1. The van der Waals surface area contributed by atoms with E-state index >= 15 is 0 Å². The van der Waals surface area contributed by atoms with E-state index in [1.165, 1.54) is 6.07 Å². The second kappa shape index (κ2) is 8.06. The van der Waals surface area contributed by atoms with Crippen molar-refractivity contribution in [1.82, 2.24) is 9.80 Å². The molecule has 0 unspecified atom stereocenters. The predicted molar refractivity (Wildman–Crippen MR) is 98.4 cm³/mol. The number of likely N-dealkylation sites (tertiary alicyclic amines) is 1. The Balaban J connectivity index is 1.87. The van der Waals surface area contributed by atoms with Gasteiger partial charge in [0.1, 0.15) is 11.4 Å². The molecule has 0 atom stereocenters. The predicted octanol–water partition coefficient (Wildman–Crippen LogP) is 3.53. The number of likely N-dealkylation sites (N-methyl/N-ethyl adjacent to an activating group) is 1. The van der Waals surface area contributed by atoms with Gasteiger partial charge in [0.2, 0.25) is 5.91 Å². The van der Waals surface area contributed by atoms with E-state index in [9.17, 15) is 14.0 Å². The van der Waals surface area contributed by atoms with E-state index in [1.807, 2.05) is 20.8 Å². The number of ether oxygens (including phenoxy) is 1. The van der Waals surface area contributed by atoms with Gasteiger partial charge in [-0.25, -0.2) is 9.18 Å². The van der Waals surface area contributed by atoms with Crippen molar-refractivity contribution in [3.8, 4) is 0 Å². The van der Waals surface area contributed by atoms with Crippen molar-refractivity contribution in [2.24, 2.45) is 0 Å². The summed E-state index contributed by atoms with van der Waals surface area (Å²) in [7, 11) is 1.78. The topological polar surface area (TPSA) is 49.9 Å². The summed E-state index contributed by atoms with van der Waals surface area (Å²) in [6.45, 7) is 8.37. The molecule has 5 nitrogen and oxygen atoms in total.